The van der Waals surface area contributed by atoms with Crippen molar-refractivity contribution in [2.45, 2.75) is 39.0 Å². The van der Waals surface area contributed by atoms with Gasteiger partial charge in [0.2, 0.25) is 5.91 Å². The molecule has 2 heterocycles. The summed E-state index contributed by atoms with van der Waals surface area (Å²) in [5.41, 5.74) is 7.73. The van der Waals surface area contributed by atoms with Gasteiger partial charge in [0.15, 0.2) is 5.65 Å². The van der Waals surface area contributed by atoms with Crippen LogP contribution in [0.15, 0.2) is 29.1 Å². The van der Waals surface area contributed by atoms with Crippen LogP contribution in [-0.4, -0.2) is 15.3 Å². The second kappa shape index (κ2) is 7.31. The van der Waals surface area contributed by atoms with E-state index in [1.54, 1.807) is 13.0 Å². The number of pyridine rings is 1. The Balaban J connectivity index is 1.75. The molecule has 2 N–H and O–H groups in total. The van der Waals surface area contributed by atoms with Crippen LogP contribution in [0.3, 0.4) is 0 Å². The number of amides is 1. The average molecular weight is 375 g/mol. The van der Waals surface area contributed by atoms with Gasteiger partial charge < -0.3 is 5.43 Å². The topological polar surface area (TPSA) is 99.3 Å². The fourth-order valence-corrected chi connectivity index (χ4v) is 3.93. The Hall–Kier alpha value is -3.40. The molecule has 3 aromatic rings. The third-order valence-electron chi connectivity index (χ3n) is 5.50. The number of para-hydroxylation sites is 2. The van der Waals surface area contributed by atoms with Gasteiger partial charge >= 0.3 is 0 Å². The first-order valence-corrected chi connectivity index (χ1v) is 9.51. The fourth-order valence-electron chi connectivity index (χ4n) is 3.93. The molecule has 1 amide bonds. The summed E-state index contributed by atoms with van der Waals surface area (Å²) in [5.74, 6) is -0.0482. The number of nitrogens with zero attached hydrogens (tertiary/aromatic N) is 3. The zero-order chi connectivity index (χ0) is 19.7. The molecular formula is C21H21N5O2. The van der Waals surface area contributed by atoms with E-state index in [1.165, 1.54) is 17.0 Å². The zero-order valence-electron chi connectivity index (χ0n) is 15.7. The maximum Gasteiger partial charge on any atom is 0.265 e. The summed E-state index contributed by atoms with van der Waals surface area (Å²) in [6.45, 7) is 1.72. The molecule has 0 saturated heterocycles. The van der Waals surface area contributed by atoms with E-state index in [1.807, 2.05) is 18.2 Å². The van der Waals surface area contributed by atoms with Gasteiger partial charge in [-0.1, -0.05) is 31.4 Å². The van der Waals surface area contributed by atoms with Crippen LogP contribution in [0.5, 0.6) is 0 Å². The Bertz CT molecular complexity index is 1220. The van der Waals surface area contributed by atoms with Gasteiger partial charge in [-0.25, -0.2) is 4.98 Å². The number of aromatic nitrogens is 2. The number of nitriles is 1. The summed E-state index contributed by atoms with van der Waals surface area (Å²) < 4.78 is 1.46. The highest BCUT2D eigenvalue weighted by Gasteiger charge is 2.20. The number of carbonyl (C=O) groups is 1. The van der Waals surface area contributed by atoms with E-state index in [-0.39, 0.29) is 17.4 Å². The van der Waals surface area contributed by atoms with Gasteiger partial charge in [-0.3, -0.25) is 19.4 Å². The number of benzene rings is 1. The Labute approximate surface area is 161 Å². The van der Waals surface area contributed by atoms with E-state index in [4.69, 9.17) is 0 Å². The molecule has 1 aliphatic carbocycles. The van der Waals surface area contributed by atoms with Crippen molar-refractivity contribution in [1.82, 2.24) is 20.2 Å². The third kappa shape index (κ3) is 2.97. The van der Waals surface area contributed by atoms with E-state index in [2.05, 4.69) is 21.9 Å². The van der Waals surface area contributed by atoms with Crippen molar-refractivity contribution in [2.75, 3.05) is 0 Å². The van der Waals surface area contributed by atoms with Crippen molar-refractivity contribution in [3.05, 3.63) is 51.0 Å². The van der Waals surface area contributed by atoms with Crippen molar-refractivity contribution in [3.8, 4) is 6.07 Å². The van der Waals surface area contributed by atoms with Crippen LogP contribution in [0.1, 0.15) is 43.2 Å². The lowest BCUT2D eigenvalue weighted by molar-refractivity contribution is -0.126. The predicted octanol–water partition coefficient (Wildman–Crippen LogP) is 1.69. The molecule has 1 aliphatic rings. The number of carbonyl (C=O) groups excluding carboxylic acids is 1. The van der Waals surface area contributed by atoms with Crippen molar-refractivity contribution >= 4 is 28.8 Å². The number of nitrogens with one attached hydrogen (secondary N) is 2. The van der Waals surface area contributed by atoms with Gasteiger partial charge in [-0.15, -0.1) is 0 Å². The van der Waals surface area contributed by atoms with Gasteiger partial charge in [0.25, 0.3) is 5.56 Å². The largest absolute Gasteiger partial charge is 0.305 e. The summed E-state index contributed by atoms with van der Waals surface area (Å²) in [7, 11) is 0. The minimum Gasteiger partial charge on any atom is -0.305 e. The van der Waals surface area contributed by atoms with Crippen LogP contribution in [0.4, 0.5) is 0 Å². The lowest BCUT2D eigenvalue weighted by Crippen LogP contribution is -2.42. The quantitative estimate of drug-likeness (QED) is 0.679. The van der Waals surface area contributed by atoms with Crippen LogP contribution in [0.25, 0.3) is 22.9 Å². The van der Waals surface area contributed by atoms with Gasteiger partial charge in [-0.05, 0) is 37.5 Å². The van der Waals surface area contributed by atoms with Crippen molar-refractivity contribution in [1.29, 1.82) is 5.26 Å². The van der Waals surface area contributed by atoms with Gasteiger partial charge in [0, 0.05) is 12.1 Å². The average Bonchev–Trinajstić information content (AvgIpc) is 3.10. The van der Waals surface area contributed by atoms with E-state index < -0.39 is 0 Å². The second-order valence-electron chi connectivity index (χ2n) is 7.20. The molecule has 142 valence electrons. The molecule has 7 heteroatoms. The standard InChI is InChI=1S/C21H21N5O2/c1-13-15(11-22)19-24-17-9-5-6-10-18(17)26(19)21(28)16(13)12-23-25-20(27)14-7-3-2-4-8-14/h5-6,9-10,12,14,23H,2-4,7-8H2,1H3,(H,25,27). The van der Waals surface area contributed by atoms with Crippen molar-refractivity contribution < 1.29 is 4.79 Å². The van der Waals surface area contributed by atoms with E-state index in [0.717, 1.165) is 25.7 Å². The molecule has 4 rings (SSSR count). The van der Waals surface area contributed by atoms with E-state index in [9.17, 15) is 14.9 Å². The smallest absolute Gasteiger partial charge is 0.265 e. The number of rotatable bonds is 3. The SMILES string of the molecule is Cc1c(C#N)c2nc3ccccc3n2c(=O)c1=CNNC(=O)C1CCCCC1. The Kier molecular flexibility index (Phi) is 4.70. The monoisotopic (exact) mass is 375 g/mol. The van der Waals surface area contributed by atoms with E-state index >= 15 is 0 Å². The van der Waals surface area contributed by atoms with Crippen molar-refractivity contribution in [2.24, 2.45) is 5.92 Å². The maximum absolute atomic E-state index is 13.1. The predicted molar refractivity (Wildman–Crippen MR) is 106 cm³/mol. The van der Waals surface area contributed by atoms with E-state index in [0.29, 0.717) is 33.0 Å². The molecule has 28 heavy (non-hydrogen) atoms. The Morgan fingerprint density at radius 3 is 2.79 bits per heavy atom. The summed E-state index contributed by atoms with van der Waals surface area (Å²) in [6.07, 6.45) is 6.57. The molecule has 0 unspecified atom stereocenters. The molecule has 2 aromatic heterocycles. The van der Waals surface area contributed by atoms with Crippen LogP contribution in [0, 0.1) is 24.2 Å². The molecule has 7 nitrogen and oxygen atoms in total. The normalized spacial score (nSPS) is 15.6. The summed E-state index contributed by atoms with van der Waals surface area (Å²) in [6, 6.07) is 9.44. The highest BCUT2D eigenvalue weighted by molar-refractivity contribution is 5.82. The number of hydrogen-bond acceptors (Lipinski definition) is 5. The number of hydrazine groups is 1. The molecule has 0 radical (unpaired) electrons. The minimum atomic E-state index is -0.278. The van der Waals surface area contributed by atoms with Crippen LogP contribution in [0.2, 0.25) is 0 Å². The molecule has 0 atom stereocenters. The summed E-state index contributed by atoms with van der Waals surface area (Å²) in [4.78, 5) is 29.8. The Morgan fingerprint density at radius 2 is 2.04 bits per heavy atom. The highest BCUT2D eigenvalue weighted by Crippen LogP contribution is 2.23. The second-order valence-corrected chi connectivity index (χ2v) is 7.20. The molecule has 0 bridgehead atoms. The van der Waals surface area contributed by atoms with Crippen LogP contribution in [-0.2, 0) is 4.79 Å². The van der Waals surface area contributed by atoms with Gasteiger partial charge in [0.05, 0.1) is 21.8 Å². The minimum absolute atomic E-state index is 0.0113. The molecule has 1 saturated carbocycles. The lowest BCUT2D eigenvalue weighted by Gasteiger charge is -2.20. The zero-order valence-corrected chi connectivity index (χ0v) is 15.7. The third-order valence-corrected chi connectivity index (χ3v) is 5.50. The first kappa shape index (κ1) is 18.0. The fraction of sp³-hybridized carbons (Fsp3) is 0.333. The molecule has 1 fully saturated rings. The molecule has 0 spiro atoms. The number of imidazole rings is 1. The Morgan fingerprint density at radius 1 is 1.29 bits per heavy atom. The van der Waals surface area contributed by atoms with Crippen molar-refractivity contribution in [3.63, 3.8) is 0 Å². The van der Waals surface area contributed by atoms with Gasteiger partial charge in [-0.2, -0.15) is 5.26 Å². The first-order chi connectivity index (χ1) is 13.6. The van der Waals surface area contributed by atoms with Gasteiger partial charge in [0.1, 0.15) is 6.07 Å². The molecular weight excluding hydrogens is 354 g/mol. The summed E-state index contributed by atoms with van der Waals surface area (Å²) >= 11 is 0. The molecule has 0 aliphatic heterocycles. The lowest BCUT2D eigenvalue weighted by atomic mass is 9.89. The van der Waals surface area contributed by atoms with Crippen LogP contribution >= 0.6 is 0 Å². The maximum atomic E-state index is 13.1. The number of hydrogen-bond donors (Lipinski definition) is 2. The molecule has 1 aromatic carbocycles. The summed E-state index contributed by atoms with van der Waals surface area (Å²) in [5, 5.41) is 9.96. The first-order valence-electron chi connectivity index (χ1n) is 9.51. The highest BCUT2D eigenvalue weighted by atomic mass is 16.2. The number of fused-ring (bicyclic) bond motifs is 3. The van der Waals surface area contributed by atoms with Crippen LogP contribution < -0.4 is 21.6 Å².